The first-order valence-corrected chi connectivity index (χ1v) is 8.69. The van der Waals surface area contributed by atoms with Crippen LogP contribution in [-0.4, -0.2) is 20.3 Å². The molecule has 1 saturated carbocycles. The maximum atomic E-state index is 12.6. The van der Waals surface area contributed by atoms with E-state index in [9.17, 15) is 4.21 Å². The van der Waals surface area contributed by atoms with Crippen molar-refractivity contribution < 1.29 is 8.95 Å². The van der Waals surface area contributed by atoms with E-state index in [1.165, 1.54) is 12.8 Å². The molecule has 0 radical (unpaired) electrons. The van der Waals surface area contributed by atoms with Gasteiger partial charge >= 0.3 is 6.01 Å². The van der Waals surface area contributed by atoms with Gasteiger partial charge in [0.15, 0.2) is 11.0 Å². The molecule has 2 heterocycles. The highest BCUT2D eigenvalue weighted by Crippen LogP contribution is 2.31. The summed E-state index contributed by atoms with van der Waals surface area (Å²) in [6.07, 6.45) is 6.43. The van der Waals surface area contributed by atoms with Gasteiger partial charge in [0.2, 0.25) is 0 Å². The fourth-order valence-corrected chi connectivity index (χ4v) is 4.30. The first kappa shape index (κ1) is 13.7. The zero-order valence-corrected chi connectivity index (χ0v) is 13.0. The molecule has 114 valence electrons. The second-order valence-corrected chi connectivity index (χ2v) is 6.99. The predicted molar refractivity (Wildman–Crippen MR) is 83.9 cm³/mol. The largest absolute Gasteiger partial charge is 0.460 e. The zero-order valence-electron chi connectivity index (χ0n) is 12.1. The molecule has 1 aromatic carbocycles. The molecule has 0 bridgehead atoms. The molecule has 22 heavy (non-hydrogen) atoms. The normalized spacial score (nSPS) is 21.1. The molecule has 1 aromatic heterocycles. The van der Waals surface area contributed by atoms with Crippen molar-refractivity contribution in [1.29, 1.82) is 0 Å². The second kappa shape index (κ2) is 5.68. The van der Waals surface area contributed by atoms with Crippen molar-refractivity contribution in [2.45, 2.75) is 43.2 Å². The summed E-state index contributed by atoms with van der Waals surface area (Å²) in [5.74, 6) is 0.650. The fourth-order valence-electron chi connectivity index (χ4n) is 2.99. The maximum Gasteiger partial charge on any atom is 0.318 e. The lowest BCUT2D eigenvalue weighted by Crippen LogP contribution is -2.20. The van der Waals surface area contributed by atoms with Gasteiger partial charge < -0.3 is 4.74 Å². The third kappa shape index (κ3) is 2.47. The van der Waals surface area contributed by atoms with Crippen LogP contribution in [0.4, 0.5) is 5.82 Å². The van der Waals surface area contributed by atoms with E-state index < -0.39 is 11.0 Å². The highest BCUT2D eigenvalue weighted by Gasteiger charge is 2.28. The minimum absolute atomic E-state index is 0.219. The van der Waals surface area contributed by atoms with Crippen LogP contribution in [0, 0.1) is 0 Å². The van der Waals surface area contributed by atoms with Crippen molar-refractivity contribution in [1.82, 2.24) is 9.97 Å². The molecule has 5 nitrogen and oxygen atoms in total. The predicted octanol–water partition coefficient (Wildman–Crippen LogP) is 2.84. The molecular formula is C16H17N3O2S. The van der Waals surface area contributed by atoms with E-state index in [4.69, 9.17) is 4.74 Å². The summed E-state index contributed by atoms with van der Waals surface area (Å²) < 4.78 is 20.2. The molecule has 0 saturated heterocycles. The summed E-state index contributed by atoms with van der Waals surface area (Å²) in [6, 6.07) is 9.96. The van der Waals surface area contributed by atoms with Gasteiger partial charge in [-0.2, -0.15) is 4.98 Å². The molecular weight excluding hydrogens is 298 g/mol. The number of rotatable bonds is 3. The highest BCUT2D eigenvalue weighted by atomic mass is 32.2. The molecule has 1 atom stereocenters. The Bertz CT molecular complexity index is 716. The van der Waals surface area contributed by atoms with Crippen LogP contribution in [0.5, 0.6) is 6.01 Å². The van der Waals surface area contributed by atoms with E-state index in [1.807, 2.05) is 24.3 Å². The number of ether oxygens (including phenoxy) is 1. The van der Waals surface area contributed by atoms with E-state index in [-0.39, 0.29) is 6.10 Å². The zero-order chi connectivity index (χ0) is 14.9. The molecule has 1 fully saturated rings. The fraction of sp³-hybridized carbons (Fsp3) is 0.375. The van der Waals surface area contributed by atoms with Gasteiger partial charge in [0, 0.05) is 12.3 Å². The van der Waals surface area contributed by atoms with Gasteiger partial charge in [-0.05, 0) is 37.3 Å². The summed E-state index contributed by atoms with van der Waals surface area (Å²) >= 11 is 0. The van der Waals surface area contributed by atoms with Gasteiger partial charge in [-0.15, -0.1) is 0 Å². The molecule has 0 N–H and O–H groups in total. The third-order valence-electron chi connectivity index (χ3n) is 4.12. The molecule has 1 aliphatic carbocycles. The standard InChI is InChI=1S/C16H17N3O2S/c20-22-14-8-4-1-5-12(14)11-19(22)15-9-10-17-16(18-15)21-13-6-2-3-7-13/h1,4-5,8-10,13H,2-3,6-7,11H2. The molecule has 2 aliphatic rings. The van der Waals surface area contributed by atoms with Gasteiger partial charge in [0.05, 0.1) is 11.4 Å². The van der Waals surface area contributed by atoms with Crippen molar-refractivity contribution in [2.24, 2.45) is 0 Å². The van der Waals surface area contributed by atoms with E-state index in [2.05, 4.69) is 9.97 Å². The van der Waals surface area contributed by atoms with Gasteiger partial charge in [-0.3, -0.25) is 4.31 Å². The molecule has 0 amide bonds. The lowest BCUT2D eigenvalue weighted by Gasteiger charge is -2.16. The number of hydrogen-bond acceptors (Lipinski definition) is 4. The minimum atomic E-state index is -1.21. The Morgan fingerprint density at radius 1 is 1.18 bits per heavy atom. The maximum absolute atomic E-state index is 12.6. The van der Waals surface area contributed by atoms with Gasteiger partial charge in [0.25, 0.3) is 0 Å². The summed E-state index contributed by atoms with van der Waals surface area (Å²) in [5, 5.41) is 0. The molecule has 2 aromatic rings. The number of fused-ring (bicyclic) bond motifs is 1. The molecule has 1 aliphatic heterocycles. The Balaban J connectivity index is 1.57. The number of hydrogen-bond donors (Lipinski definition) is 0. The number of benzene rings is 1. The van der Waals surface area contributed by atoms with Crippen LogP contribution in [0.2, 0.25) is 0 Å². The van der Waals surface area contributed by atoms with Crippen LogP contribution >= 0.6 is 0 Å². The summed E-state index contributed by atoms with van der Waals surface area (Å²) in [7, 11) is -1.21. The van der Waals surface area contributed by atoms with Crippen LogP contribution in [-0.2, 0) is 17.5 Å². The summed E-state index contributed by atoms with van der Waals surface area (Å²) in [4.78, 5) is 9.50. The van der Waals surface area contributed by atoms with Gasteiger partial charge in [-0.1, -0.05) is 18.2 Å². The van der Waals surface area contributed by atoms with Crippen LogP contribution in [0.3, 0.4) is 0 Å². The number of nitrogens with zero attached hydrogens (tertiary/aromatic N) is 3. The SMILES string of the molecule is O=S1c2ccccc2CN1c1ccnc(OC2CCCC2)n1. The lowest BCUT2D eigenvalue weighted by atomic mass is 10.2. The second-order valence-electron chi connectivity index (χ2n) is 5.62. The average molecular weight is 315 g/mol. The Kier molecular flexibility index (Phi) is 3.54. The molecule has 1 unspecified atom stereocenters. The Labute approximate surface area is 131 Å². The molecule has 0 spiro atoms. The quantitative estimate of drug-likeness (QED) is 0.874. The highest BCUT2D eigenvalue weighted by molar-refractivity contribution is 7.86. The van der Waals surface area contributed by atoms with Crippen LogP contribution in [0.1, 0.15) is 31.2 Å². The van der Waals surface area contributed by atoms with E-state index >= 15 is 0 Å². The topological polar surface area (TPSA) is 55.3 Å². The summed E-state index contributed by atoms with van der Waals surface area (Å²) in [6.45, 7) is 0.600. The van der Waals surface area contributed by atoms with Crippen molar-refractivity contribution >= 4 is 16.8 Å². The van der Waals surface area contributed by atoms with Crippen molar-refractivity contribution in [2.75, 3.05) is 4.31 Å². The minimum Gasteiger partial charge on any atom is -0.460 e. The lowest BCUT2D eigenvalue weighted by molar-refractivity contribution is 0.192. The van der Waals surface area contributed by atoms with Crippen LogP contribution < -0.4 is 9.04 Å². The van der Waals surface area contributed by atoms with Gasteiger partial charge in [0.1, 0.15) is 11.9 Å². The monoisotopic (exact) mass is 315 g/mol. The van der Waals surface area contributed by atoms with Crippen LogP contribution in [0.25, 0.3) is 0 Å². The van der Waals surface area contributed by atoms with E-state index in [0.717, 1.165) is 23.3 Å². The van der Waals surface area contributed by atoms with E-state index in [0.29, 0.717) is 18.4 Å². The first-order valence-electron chi connectivity index (χ1n) is 7.58. The number of aromatic nitrogens is 2. The third-order valence-corrected chi connectivity index (χ3v) is 5.61. The Morgan fingerprint density at radius 3 is 2.82 bits per heavy atom. The Morgan fingerprint density at radius 2 is 2.00 bits per heavy atom. The first-order chi connectivity index (χ1) is 10.8. The average Bonchev–Trinajstić information content (AvgIpc) is 3.16. The molecule has 6 heteroatoms. The summed E-state index contributed by atoms with van der Waals surface area (Å²) in [5.41, 5.74) is 1.08. The van der Waals surface area contributed by atoms with Crippen molar-refractivity contribution in [3.05, 3.63) is 42.1 Å². The van der Waals surface area contributed by atoms with Crippen molar-refractivity contribution in [3.8, 4) is 6.01 Å². The van der Waals surface area contributed by atoms with Crippen molar-refractivity contribution in [3.63, 3.8) is 0 Å². The van der Waals surface area contributed by atoms with E-state index in [1.54, 1.807) is 16.6 Å². The molecule has 4 rings (SSSR count). The van der Waals surface area contributed by atoms with Gasteiger partial charge in [-0.25, -0.2) is 9.19 Å². The van der Waals surface area contributed by atoms with Crippen LogP contribution in [0.15, 0.2) is 41.4 Å². The Hall–Kier alpha value is -1.95. The smallest absolute Gasteiger partial charge is 0.318 e. The number of anilines is 1.